The van der Waals surface area contributed by atoms with Crippen LogP contribution in [0.2, 0.25) is 0 Å². The van der Waals surface area contributed by atoms with Crippen molar-refractivity contribution < 1.29 is 46.8 Å². The van der Waals surface area contributed by atoms with E-state index in [4.69, 9.17) is 9.84 Å². The van der Waals surface area contributed by atoms with Crippen LogP contribution in [0.4, 0.5) is 4.79 Å². The van der Waals surface area contributed by atoms with E-state index in [2.05, 4.69) is 5.32 Å². The van der Waals surface area contributed by atoms with Crippen molar-refractivity contribution in [3.63, 3.8) is 0 Å². The van der Waals surface area contributed by atoms with E-state index in [0.717, 1.165) is 0 Å². The van der Waals surface area contributed by atoms with Crippen LogP contribution in [0.3, 0.4) is 0 Å². The van der Waals surface area contributed by atoms with Gasteiger partial charge in [0.15, 0.2) is 0 Å². The summed E-state index contributed by atoms with van der Waals surface area (Å²) in [6.07, 6.45) is -0.0209. The number of amides is 1. The van der Waals surface area contributed by atoms with Gasteiger partial charge in [-0.25, -0.2) is 9.59 Å². The van der Waals surface area contributed by atoms with E-state index in [1.807, 2.05) is 6.92 Å². The van der Waals surface area contributed by atoms with Crippen LogP contribution in [0, 0.1) is 5.92 Å². The lowest BCUT2D eigenvalue weighted by molar-refractivity contribution is -0.140. The molecule has 0 aromatic carbocycles. The molecule has 12 N–H and O–H groups in total. The van der Waals surface area contributed by atoms with Gasteiger partial charge in [0, 0.05) is 0 Å². The fraction of sp³-hybridized carbons (Fsp3) is 0.818. The summed E-state index contributed by atoms with van der Waals surface area (Å²) in [6, 6.07) is -0.903. The summed E-state index contributed by atoms with van der Waals surface area (Å²) in [5.41, 5.74) is -0.622. The predicted molar refractivity (Wildman–Crippen MR) is 78.3 cm³/mol. The Bertz CT molecular complexity index is 265. The lowest BCUT2D eigenvalue weighted by atomic mass is 10.00. The number of carbonyl (C=O) groups excluding carboxylic acids is 1. The van der Waals surface area contributed by atoms with E-state index < -0.39 is 23.7 Å². The maximum Gasteiger partial charge on any atom is 0.408 e. The molecule has 0 unspecified atom stereocenters. The molecule has 2 atom stereocenters. The van der Waals surface area contributed by atoms with Crippen molar-refractivity contribution >= 4 is 12.1 Å². The quantitative estimate of drug-likeness (QED) is 0.590. The first-order chi connectivity index (χ1) is 7.17. The molecule has 0 radical (unpaired) electrons. The Hall–Kier alpha value is -1.46. The molecule has 1 amide bonds. The van der Waals surface area contributed by atoms with Gasteiger partial charge in [-0.15, -0.1) is 0 Å². The van der Waals surface area contributed by atoms with Gasteiger partial charge in [-0.2, -0.15) is 0 Å². The first kappa shape index (κ1) is 36.6. The number of carboxylic acids is 1. The van der Waals surface area contributed by atoms with E-state index in [1.165, 1.54) is 0 Å². The fourth-order valence-corrected chi connectivity index (χ4v) is 1.12. The highest BCUT2D eigenvalue weighted by Gasteiger charge is 2.27. The molecule has 0 bridgehead atoms. The highest BCUT2D eigenvalue weighted by molar-refractivity contribution is 5.80. The monoisotopic (exact) mass is 321 g/mol. The minimum atomic E-state index is -1.04. The number of nitrogens with one attached hydrogen (secondary N) is 1. The van der Waals surface area contributed by atoms with E-state index in [0.29, 0.717) is 6.42 Å². The molecule has 0 spiro atoms. The number of ether oxygens (including phenoxy) is 1. The first-order valence-corrected chi connectivity index (χ1v) is 5.39. The zero-order chi connectivity index (χ0) is 12.9. The van der Waals surface area contributed by atoms with Gasteiger partial charge in [0.05, 0.1) is 0 Å². The summed E-state index contributed by atoms with van der Waals surface area (Å²) in [5.74, 6) is -1.18. The van der Waals surface area contributed by atoms with Gasteiger partial charge in [-0.05, 0) is 26.7 Å². The lowest BCUT2D eigenvalue weighted by Crippen LogP contribution is -2.46. The SMILES string of the molecule is CC[C@H](C)[C@H](NC(=O)OC(C)(C)C)C(=O)O.O.O.O.O.O. The Labute approximate surface area is 124 Å². The summed E-state index contributed by atoms with van der Waals surface area (Å²) in [6.45, 7) is 8.83. The minimum absolute atomic E-state index is 0. The number of rotatable bonds is 4. The second-order valence-electron chi connectivity index (χ2n) is 4.85. The molecule has 0 fully saturated rings. The zero-order valence-corrected chi connectivity index (χ0v) is 13.0. The molecule has 10 heteroatoms. The van der Waals surface area contributed by atoms with Crippen molar-refractivity contribution in [2.75, 3.05) is 0 Å². The average Bonchev–Trinajstić information content (AvgIpc) is 2.09. The van der Waals surface area contributed by atoms with Crippen molar-refractivity contribution in [2.45, 2.75) is 52.7 Å². The van der Waals surface area contributed by atoms with Crippen LogP contribution in [-0.4, -0.2) is 56.2 Å². The van der Waals surface area contributed by atoms with Crippen molar-refractivity contribution in [1.82, 2.24) is 5.32 Å². The van der Waals surface area contributed by atoms with Gasteiger partial charge in [0.2, 0.25) is 0 Å². The third kappa shape index (κ3) is 16.5. The van der Waals surface area contributed by atoms with Crippen LogP contribution >= 0.6 is 0 Å². The number of hydrogen-bond acceptors (Lipinski definition) is 3. The highest BCUT2D eigenvalue weighted by Crippen LogP contribution is 2.11. The van der Waals surface area contributed by atoms with Gasteiger partial charge >= 0.3 is 12.1 Å². The molecule has 0 aromatic rings. The number of hydrogen-bond donors (Lipinski definition) is 2. The molecule has 0 aliphatic rings. The molecule has 0 saturated carbocycles. The summed E-state index contributed by atoms with van der Waals surface area (Å²) in [5, 5.41) is 11.3. The van der Waals surface area contributed by atoms with Crippen LogP contribution < -0.4 is 5.32 Å². The number of carboxylic acid groups (broad SMARTS) is 1. The Kier molecular flexibility index (Phi) is 26.1. The standard InChI is InChI=1S/C11H21NO4.5H2O/c1-6-7(2)8(9(13)14)12-10(15)16-11(3,4)5;;;;;/h7-8H,6H2,1-5H3,(H,12,15)(H,13,14);5*1H2/t7-,8-;;;;;/m0...../s1. The fourth-order valence-electron chi connectivity index (χ4n) is 1.12. The second kappa shape index (κ2) is 14.9. The largest absolute Gasteiger partial charge is 0.480 e. The van der Waals surface area contributed by atoms with E-state index in [-0.39, 0.29) is 33.3 Å². The Morgan fingerprint density at radius 1 is 1.10 bits per heavy atom. The molecule has 21 heavy (non-hydrogen) atoms. The Morgan fingerprint density at radius 3 is 1.71 bits per heavy atom. The summed E-state index contributed by atoms with van der Waals surface area (Å²) < 4.78 is 5.00. The highest BCUT2D eigenvalue weighted by atomic mass is 16.6. The maximum absolute atomic E-state index is 11.4. The summed E-state index contributed by atoms with van der Waals surface area (Å²) in [7, 11) is 0. The van der Waals surface area contributed by atoms with Gasteiger partial charge in [0.1, 0.15) is 11.6 Å². The molecule has 0 heterocycles. The van der Waals surface area contributed by atoms with Crippen molar-refractivity contribution in [2.24, 2.45) is 5.92 Å². The van der Waals surface area contributed by atoms with Gasteiger partial charge in [-0.1, -0.05) is 20.3 Å². The third-order valence-electron chi connectivity index (χ3n) is 2.15. The third-order valence-corrected chi connectivity index (χ3v) is 2.15. The van der Waals surface area contributed by atoms with Crippen LogP contribution in [-0.2, 0) is 9.53 Å². The molecular weight excluding hydrogens is 290 g/mol. The summed E-state index contributed by atoms with van der Waals surface area (Å²) in [4.78, 5) is 22.3. The molecule has 0 rings (SSSR count). The van der Waals surface area contributed by atoms with Crippen LogP contribution in [0.25, 0.3) is 0 Å². The summed E-state index contributed by atoms with van der Waals surface area (Å²) >= 11 is 0. The normalized spacial score (nSPS) is 11.5. The van der Waals surface area contributed by atoms with Gasteiger partial charge in [-0.3, -0.25) is 0 Å². The van der Waals surface area contributed by atoms with Gasteiger partial charge in [0.25, 0.3) is 0 Å². The Morgan fingerprint density at radius 2 is 1.48 bits per heavy atom. The maximum atomic E-state index is 11.4. The van der Waals surface area contributed by atoms with E-state index >= 15 is 0 Å². The topological polar surface area (TPSA) is 233 Å². The average molecular weight is 321 g/mol. The minimum Gasteiger partial charge on any atom is -0.480 e. The van der Waals surface area contributed by atoms with Crippen molar-refractivity contribution in [3.8, 4) is 0 Å². The smallest absolute Gasteiger partial charge is 0.408 e. The molecule has 0 aliphatic heterocycles. The predicted octanol–water partition coefficient (Wildman–Crippen LogP) is -2.11. The van der Waals surface area contributed by atoms with Crippen LogP contribution in [0.15, 0.2) is 0 Å². The van der Waals surface area contributed by atoms with Gasteiger partial charge < -0.3 is 42.5 Å². The number of aliphatic carboxylic acids is 1. The van der Waals surface area contributed by atoms with Crippen molar-refractivity contribution in [3.05, 3.63) is 0 Å². The number of carbonyl (C=O) groups is 2. The molecule has 0 saturated heterocycles. The zero-order valence-electron chi connectivity index (χ0n) is 13.0. The molecular formula is C11H31NO9. The Balaban J connectivity index is -0.000000112. The molecule has 10 nitrogen and oxygen atoms in total. The van der Waals surface area contributed by atoms with Crippen LogP contribution in [0.1, 0.15) is 41.0 Å². The number of alkyl carbamates (subject to hydrolysis) is 1. The van der Waals surface area contributed by atoms with E-state index in [9.17, 15) is 9.59 Å². The first-order valence-electron chi connectivity index (χ1n) is 5.39. The molecule has 134 valence electrons. The second-order valence-corrected chi connectivity index (χ2v) is 4.85. The van der Waals surface area contributed by atoms with Crippen molar-refractivity contribution in [1.29, 1.82) is 0 Å². The molecule has 0 aliphatic carbocycles. The molecule has 0 aromatic heterocycles. The van der Waals surface area contributed by atoms with E-state index in [1.54, 1.807) is 27.7 Å². The van der Waals surface area contributed by atoms with Crippen LogP contribution in [0.5, 0.6) is 0 Å². The lowest BCUT2D eigenvalue weighted by Gasteiger charge is -2.24.